The lowest BCUT2D eigenvalue weighted by atomic mass is 10.2. The molecule has 0 N–H and O–H groups in total. The normalized spacial score (nSPS) is 15.5. The number of nitrogens with zero attached hydrogens (tertiary/aromatic N) is 1. The summed E-state index contributed by atoms with van der Waals surface area (Å²) in [6, 6.07) is 0. The van der Waals surface area contributed by atoms with Crippen LogP contribution >= 0.6 is 0 Å². The summed E-state index contributed by atoms with van der Waals surface area (Å²) in [6.07, 6.45) is 5.89. The highest BCUT2D eigenvalue weighted by Crippen LogP contribution is 2.10. The molecular formula is C10H13NO3. The number of carbonyl (C=O) groups excluding carboxylic acids is 1. The molecule has 0 radical (unpaired) electrons. The second kappa shape index (κ2) is 4.09. The molecule has 4 nitrogen and oxygen atoms in total. The summed E-state index contributed by atoms with van der Waals surface area (Å²) < 4.78 is 5.14. The second-order valence-electron chi connectivity index (χ2n) is 3.79. The summed E-state index contributed by atoms with van der Waals surface area (Å²) in [6.45, 7) is 5.43. The molecule has 1 aliphatic rings. The zero-order chi connectivity index (χ0) is 10.6. The molecule has 0 spiro atoms. The van der Waals surface area contributed by atoms with Crippen molar-refractivity contribution in [1.82, 2.24) is 0 Å². The Morgan fingerprint density at radius 3 is 2.86 bits per heavy atom. The molecule has 14 heavy (non-hydrogen) atoms. The molecule has 4 heteroatoms. The minimum Gasteiger partial charge on any atom is -0.456 e. The van der Waals surface area contributed by atoms with Gasteiger partial charge in [0.25, 0.3) is 0 Å². The van der Waals surface area contributed by atoms with E-state index in [1.807, 2.05) is 20.8 Å². The van der Waals surface area contributed by atoms with Crippen molar-refractivity contribution in [2.24, 2.45) is 5.16 Å². The predicted octanol–water partition coefficient (Wildman–Crippen LogP) is 1.78. The Hall–Kier alpha value is -1.58. The van der Waals surface area contributed by atoms with Crippen molar-refractivity contribution in [3.63, 3.8) is 0 Å². The van der Waals surface area contributed by atoms with Gasteiger partial charge in [0.1, 0.15) is 11.9 Å². The number of rotatable bonds is 1. The Morgan fingerprint density at radius 2 is 2.21 bits per heavy atom. The van der Waals surface area contributed by atoms with E-state index in [-0.39, 0.29) is 0 Å². The van der Waals surface area contributed by atoms with Crippen LogP contribution in [0.25, 0.3) is 0 Å². The average molecular weight is 195 g/mol. The summed E-state index contributed by atoms with van der Waals surface area (Å²) in [7, 11) is 0. The van der Waals surface area contributed by atoms with E-state index in [0.29, 0.717) is 5.57 Å². The molecule has 0 amide bonds. The lowest BCUT2D eigenvalue weighted by Gasteiger charge is -2.19. The van der Waals surface area contributed by atoms with Crippen LogP contribution in [-0.4, -0.2) is 17.8 Å². The lowest BCUT2D eigenvalue weighted by molar-refractivity contribution is -0.149. The third kappa shape index (κ3) is 3.43. The topological polar surface area (TPSA) is 47.9 Å². The fourth-order valence-corrected chi connectivity index (χ4v) is 0.801. The molecule has 0 bridgehead atoms. The number of esters is 1. The van der Waals surface area contributed by atoms with Crippen LogP contribution in [0.2, 0.25) is 0 Å². The third-order valence-electron chi connectivity index (χ3n) is 1.30. The van der Waals surface area contributed by atoms with Crippen LogP contribution in [0.3, 0.4) is 0 Å². The molecule has 0 aliphatic carbocycles. The number of oxime groups is 1. The van der Waals surface area contributed by atoms with Gasteiger partial charge in [0.05, 0.1) is 11.8 Å². The number of carbonyl (C=O) groups is 1. The number of allylic oxidation sites excluding steroid dienone is 2. The SMILES string of the molecule is CC(C)(C)OC(=O)C1=CC=CON=C1. The summed E-state index contributed by atoms with van der Waals surface area (Å²) in [5, 5.41) is 3.52. The van der Waals surface area contributed by atoms with E-state index >= 15 is 0 Å². The van der Waals surface area contributed by atoms with Crippen molar-refractivity contribution in [2.45, 2.75) is 26.4 Å². The van der Waals surface area contributed by atoms with Crippen molar-refractivity contribution in [3.05, 3.63) is 24.0 Å². The standard InChI is InChI=1S/C10H13NO3/c1-10(2,3)14-9(12)8-5-4-6-13-11-7-8/h4-7H,1-3H3. The van der Waals surface area contributed by atoms with Crippen LogP contribution < -0.4 is 0 Å². The second-order valence-corrected chi connectivity index (χ2v) is 3.79. The Morgan fingerprint density at radius 1 is 1.50 bits per heavy atom. The van der Waals surface area contributed by atoms with E-state index in [4.69, 9.17) is 4.74 Å². The summed E-state index contributed by atoms with van der Waals surface area (Å²) in [5.41, 5.74) is -0.128. The largest absolute Gasteiger partial charge is 0.456 e. The lowest BCUT2D eigenvalue weighted by Crippen LogP contribution is -2.25. The average Bonchev–Trinajstić information content (AvgIpc) is 2.27. The fraction of sp³-hybridized carbons (Fsp3) is 0.400. The van der Waals surface area contributed by atoms with Crippen LogP contribution in [0.15, 0.2) is 29.1 Å². The molecular weight excluding hydrogens is 182 g/mol. The maximum atomic E-state index is 11.5. The highest BCUT2D eigenvalue weighted by molar-refractivity contribution is 6.09. The zero-order valence-corrected chi connectivity index (χ0v) is 8.48. The van der Waals surface area contributed by atoms with E-state index in [9.17, 15) is 4.79 Å². The molecule has 76 valence electrons. The highest BCUT2D eigenvalue weighted by Gasteiger charge is 2.18. The van der Waals surface area contributed by atoms with E-state index in [0.717, 1.165) is 0 Å². The number of hydrogen-bond acceptors (Lipinski definition) is 4. The van der Waals surface area contributed by atoms with Gasteiger partial charge in [-0.15, -0.1) is 0 Å². The Balaban J connectivity index is 2.69. The monoisotopic (exact) mass is 195 g/mol. The molecule has 0 aromatic heterocycles. The summed E-state index contributed by atoms with van der Waals surface area (Å²) >= 11 is 0. The summed E-state index contributed by atoms with van der Waals surface area (Å²) in [5.74, 6) is -0.406. The molecule has 1 rings (SSSR count). The van der Waals surface area contributed by atoms with Gasteiger partial charge in [-0.3, -0.25) is 0 Å². The predicted molar refractivity (Wildman–Crippen MR) is 52.6 cm³/mol. The molecule has 0 aromatic rings. The smallest absolute Gasteiger partial charge is 0.340 e. The van der Waals surface area contributed by atoms with Gasteiger partial charge in [-0.1, -0.05) is 5.16 Å². The minimum absolute atomic E-state index is 0.369. The van der Waals surface area contributed by atoms with Crippen molar-refractivity contribution in [2.75, 3.05) is 0 Å². The first kappa shape index (κ1) is 10.5. The van der Waals surface area contributed by atoms with Crippen LogP contribution in [-0.2, 0) is 14.4 Å². The molecule has 0 saturated carbocycles. The van der Waals surface area contributed by atoms with Crippen molar-refractivity contribution < 1.29 is 14.4 Å². The van der Waals surface area contributed by atoms with Gasteiger partial charge in [-0.25, -0.2) is 4.79 Å². The quantitative estimate of drug-likeness (QED) is 0.599. The molecule has 0 aromatic carbocycles. The van der Waals surface area contributed by atoms with Gasteiger partial charge < -0.3 is 9.57 Å². The third-order valence-corrected chi connectivity index (χ3v) is 1.30. The Kier molecular flexibility index (Phi) is 3.06. The highest BCUT2D eigenvalue weighted by atomic mass is 16.6. The van der Waals surface area contributed by atoms with Crippen LogP contribution in [0.4, 0.5) is 0 Å². The van der Waals surface area contributed by atoms with Gasteiger partial charge in [0.15, 0.2) is 0 Å². The van der Waals surface area contributed by atoms with Crippen LogP contribution in [0.1, 0.15) is 20.8 Å². The van der Waals surface area contributed by atoms with E-state index in [1.54, 1.807) is 12.2 Å². The van der Waals surface area contributed by atoms with Gasteiger partial charge in [0, 0.05) is 0 Å². The first-order chi connectivity index (χ1) is 6.49. The van der Waals surface area contributed by atoms with Gasteiger partial charge in [0.2, 0.25) is 0 Å². The number of hydrogen-bond donors (Lipinski definition) is 0. The first-order valence-electron chi connectivity index (χ1n) is 4.28. The van der Waals surface area contributed by atoms with Crippen LogP contribution in [0, 0.1) is 0 Å². The maximum absolute atomic E-state index is 11.5. The molecule has 0 fully saturated rings. The molecule has 1 aliphatic heterocycles. The van der Waals surface area contributed by atoms with Crippen molar-refractivity contribution in [1.29, 1.82) is 0 Å². The first-order valence-corrected chi connectivity index (χ1v) is 4.28. The molecule has 0 saturated heterocycles. The van der Waals surface area contributed by atoms with E-state index in [1.165, 1.54) is 12.5 Å². The molecule has 0 atom stereocenters. The van der Waals surface area contributed by atoms with Crippen LogP contribution in [0.5, 0.6) is 0 Å². The van der Waals surface area contributed by atoms with Gasteiger partial charge in [-0.05, 0) is 32.9 Å². The molecule has 1 heterocycles. The van der Waals surface area contributed by atoms with E-state index < -0.39 is 11.6 Å². The van der Waals surface area contributed by atoms with Crippen molar-refractivity contribution >= 4 is 12.2 Å². The minimum atomic E-state index is -0.497. The maximum Gasteiger partial charge on any atom is 0.340 e. The van der Waals surface area contributed by atoms with Crippen molar-refractivity contribution in [3.8, 4) is 0 Å². The van der Waals surface area contributed by atoms with E-state index in [2.05, 4.69) is 9.99 Å². The molecule has 0 unspecified atom stereocenters. The van der Waals surface area contributed by atoms with Gasteiger partial charge >= 0.3 is 5.97 Å². The zero-order valence-electron chi connectivity index (χ0n) is 8.48. The Bertz CT molecular complexity index is 308. The fourth-order valence-electron chi connectivity index (χ4n) is 0.801. The Labute approximate surface area is 82.9 Å². The number of ether oxygens (including phenoxy) is 1. The van der Waals surface area contributed by atoms with Gasteiger partial charge in [-0.2, -0.15) is 0 Å². The summed E-state index contributed by atoms with van der Waals surface area (Å²) in [4.78, 5) is 16.1.